The molecule has 2 aromatic carbocycles. The Hall–Kier alpha value is -2.77. The monoisotopic (exact) mass is 508 g/mol. The molecule has 0 radical (unpaired) electrons. The van der Waals surface area contributed by atoms with Crippen LogP contribution >= 0.6 is 0 Å². The third-order valence-electron chi connectivity index (χ3n) is 7.27. The molecule has 0 aromatic heterocycles. The van der Waals surface area contributed by atoms with Gasteiger partial charge in [-0.25, -0.2) is 0 Å². The molecule has 1 aliphatic carbocycles. The van der Waals surface area contributed by atoms with Gasteiger partial charge in [0.05, 0.1) is 12.7 Å². The molecule has 1 unspecified atom stereocenters. The summed E-state index contributed by atoms with van der Waals surface area (Å²) in [5.74, 6) is 2.88. The Balaban J connectivity index is 1.24. The van der Waals surface area contributed by atoms with Gasteiger partial charge in [-0.1, -0.05) is 38.1 Å². The number of hydrogen-bond donors (Lipinski definition) is 0. The summed E-state index contributed by atoms with van der Waals surface area (Å²) in [4.78, 5) is 18.0. The van der Waals surface area contributed by atoms with Gasteiger partial charge in [0.15, 0.2) is 11.5 Å². The predicted molar refractivity (Wildman–Crippen MR) is 142 cm³/mol. The highest BCUT2D eigenvalue weighted by Crippen LogP contribution is 2.32. The van der Waals surface area contributed by atoms with Crippen molar-refractivity contribution in [1.82, 2.24) is 9.80 Å². The van der Waals surface area contributed by atoms with Crippen molar-refractivity contribution in [3.8, 4) is 17.2 Å². The lowest BCUT2D eigenvalue weighted by molar-refractivity contribution is -0.151. The molecule has 0 bridgehead atoms. The molecule has 37 heavy (non-hydrogen) atoms. The molecule has 200 valence electrons. The molecule has 7 heteroatoms. The fourth-order valence-electron chi connectivity index (χ4n) is 5.45. The zero-order valence-corrected chi connectivity index (χ0v) is 22.2. The second kappa shape index (κ2) is 12.2. The van der Waals surface area contributed by atoms with Crippen LogP contribution in [-0.2, 0) is 22.6 Å². The van der Waals surface area contributed by atoms with Gasteiger partial charge in [-0.2, -0.15) is 0 Å². The van der Waals surface area contributed by atoms with E-state index in [9.17, 15) is 4.79 Å². The van der Waals surface area contributed by atoms with E-state index >= 15 is 0 Å². The van der Waals surface area contributed by atoms with E-state index < -0.39 is 6.10 Å². The second-order valence-corrected chi connectivity index (χ2v) is 10.8. The van der Waals surface area contributed by atoms with E-state index in [-0.39, 0.29) is 5.91 Å². The van der Waals surface area contributed by atoms with Gasteiger partial charge in [0, 0.05) is 38.3 Å². The van der Waals surface area contributed by atoms with Crippen molar-refractivity contribution >= 4 is 5.91 Å². The fourth-order valence-corrected chi connectivity index (χ4v) is 5.45. The van der Waals surface area contributed by atoms with Crippen molar-refractivity contribution in [3.05, 3.63) is 53.6 Å². The predicted octanol–water partition coefficient (Wildman–Crippen LogP) is 4.66. The molecule has 2 aromatic rings. The first-order valence-electron chi connectivity index (χ1n) is 13.8. The average molecular weight is 509 g/mol. The number of rotatable bonds is 9. The van der Waals surface area contributed by atoms with Crippen LogP contribution < -0.4 is 14.2 Å². The smallest absolute Gasteiger partial charge is 0.253 e. The Morgan fingerprint density at radius 1 is 1.05 bits per heavy atom. The van der Waals surface area contributed by atoms with E-state index in [4.69, 9.17) is 18.9 Å². The van der Waals surface area contributed by atoms with Gasteiger partial charge >= 0.3 is 0 Å². The lowest BCUT2D eigenvalue weighted by atomic mass is 10.1. The second-order valence-electron chi connectivity index (χ2n) is 10.8. The van der Waals surface area contributed by atoms with Gasteiger partial charge in [-0.15, -0.1) is 0 Å². The number of carbonyl (C=O) groups is 1. The summed E-state index contributed by atoms with van der Waals surface area (Å²) < 4.78 is 23.8. The normalized spacial score (nSPS) is 20.2. The minimum absolute atomic E-state index is 0.0452. The molecule has 7 nitrogen and oxygen atoms in total. The maximum absolute atomic E-state index is 13.7. The van der Waals surface area contributed by atoms with E-state index in [1.807, 2.05) is 29.2 Å². The molecule has 5 rings (SSSR count). The zero-order valence-electron chi connectivity index (χ0n) is 22.2. The maximum atomic E-state index is 13.7. The van der Waals surface area contributed by atoms with Crippen molar-refractivity contribution in [3.63, 3.8) is 0 Å². The van der Waals surface area contributed by atoms with Gasteiger partial charge < -0.3 is 23.8 Å². The fraction of sp³-hybridized carbons (Fsp3) is 0.567. The minimum atomic E-state index is -0.479. The van der Waals surface area contributed by atoms with Gasteiger partial charge in [0.2, 0.25) is 0 Å². The molecule has 2 heterocycles. The molecule has 1 atom stereocenters. The molecular weight excluding hydrogens is 468 g/mol. The highest BCUT2D eigenvalue weighted by Gasteiger charge is 2.31. The van der Waals surface area contributed by atoms with Crippen LogP contribution in [0.25, 0.3) is 0 Å². The number of hydrogen-bond acceptors (Lipinski definition) is 6. The largest absolute Gasteiger partial charge is 0.490 e. The van der Waals surface area contributed by atoms with Gasteiger partial charge in [-0.05, 0) is 55.4 Å². The number of carbonyl (C=O) groups excluding carboxylic acids is 1. The number of amides is 1. The van der Waals surface area contributed by atoms with Crippen LogP contribution in [0.2, 0.25) is 0 Å². The molecule has 0 spiro atoms. The van der Waals surface area contributed by atoms with Crippen LogP contribution in [-0.4, -0.2) is 67.4 Å². The lowest BCUT2D eigenvalue weighted by Crippen LogP contribution is -2.51. The molecular formula is C30H40N2O5. The Bertz CT molecular complexity index is 1050. The third-order valence-corrected chi connectivity index (χ3v) is 7.27. The van der Waals surface area contributed by atoms with Crippen molar-refractivity contribution in [2.45, 2.75) is 64.8 Å². The highest BCUT2D eigenvalue weighted by molar-refractivity contribution is 5.81. The van der Waals surface area contributed by atoms with Crippen molar-refractivity contribution in [1.29, 1.82) is 0 Å². The minimum Gasteiger partial charge on any atom is -0.490 e. The van der Waals surface area contributed by atoms with Crippen LogP contribution in [0.15, 0.2) is 42.5 Å². The first-order valence-corrected chi connectivity index (χ1v) is 13.8. The number of benzene rings is 2. The molecule has 3 aliphatic rings. The number of fused-ring (bicyclic) bond motifs is 1. The number of nitrogens with zero attached hydrogens (tertiary/aromatic N) is 2. The topological polar surface area (TPSA) is 60.5 Å². The van der Waals surface area contributed by atoms with Gasteiger partial charge in [0.1, 0.15) is 25.1 Å². The average Bonchev–Trinajstić information content (AvgIpc) is 3.42. The van der Waals surface area contributed by atoms with Crippen LogP contribution in [0.3, 0.4) is 0 Å². The van der Waals surface area contributed by atoms with Crippen molar-refractivity contribution in [2.24, 2.45) is 5.92 Å². The summed E-state index contributed by atoms with van der Waals surface area (Å²) in [7, 11) is 0. The Kier molecular flexibility index (Phi) is 8.52. The van der Waals surface area contributed by atoms with E-state index in [0.29, 0.717) is 51.5 Å². The molecule has 2 aliphatic heterocycles. The Morgan fingerprint density at radius 3 is 2.65 bits per heavy atom. The van der Waals surface area contributed by atoms with E-state index in [0.717, 1.165) is 48.7 Å². The van der Waals surface area contributed by atoms with Crippen molar-refractivity contribution in [2.75, 3.05) is 39.5 Å². The number of para-hydroxylation sites is 1. The molecule has 1 amide bonds. The van der Waals surface area contributed by atoms with Gasteiger partial charge in [-0.3, -0.25) is 9.69 Å². The van der Waals surface area contributed by atoms with Crippen LogP contribution in [0.4, 0.5) is 0 Å². The summed E-state index contributed by atoms with van der Waals surface area (Å²) in [6, 6.07) is 14.3. The molecule has 0 N–H and O–H groups in total. The summed E-state index contributed by atoms with van der Waals surface area (Å²) in [5, 5.41) is 0. The van der Waals surface area contributed by atoms with E-state index in [2.05, 4.69) is 36.9 Å². The quantitative estimate of drug-likeness (QED) is 0.491. The van der Waals surface area contributed by atoms with Crippen LogP contribution in [0.5, 0.6) is 17.2 Å². The maximum Gasteiger partial charge on any atom is 0.253 e. The van der Waals surface area contributed by atoms with Gasteiger partial charge in [0.25, 0.3) is 5.91 Å². The lowest BCUT2D eigenvalue weighted by Gasteiger charge is -2.36. The van der Waals surface area contributed by atoms with Crippen LogP contribution in [0, 0.1) is 5.92 Å². The van der Waals surface area contributed by atoms with E-state index in [1.165, 1.54) is 18.4 Å². The zero-order chi connectivity index (χ0) is 25.6. The molecule has 2 fully saturated rings. The molecule has 1 saturated heterocycles. The standard InChI is InChI=1S/C30H40N2O5/c1-22(2)18-32(19-23-11-12-27-28(17-23)36-16-15-35-27)30(33)29-21-31(13-14-34-29)20-24-7-3-6-10-26(24)37-25-8-4-5-9-25/h3,6-7,10-12,17,22,25,29H,4-5,8-9,13-16,18-21H2,1-2H3. The number of ether oxygens (including phenoxy) is 4. The number of morpholine rings is 1. The van der Waals surface area contributed by atoms with Crippen molar-refractivity contribution < 1.29 is 23.7 Å². The highest BCUT2D eigenvalue weighted by atomic mass is 16.6. The molecule has 1 saturated carbocycles. The van der Waals surface area contributed by atoms with E-state index in [1.54, 1.807) is 0 Å². The SMILES string of the molecule is CC(C)CN(Cc1ccc2c(c1)OCCO2)C(=O)C1CN(Cc2ccccc2OC2CCCC2)CCO1. The first-order chi connectivity index (χ1) is 18.0. The Morgan fingerprint density at radius 2 is 1.84 bits per heavy atom. The Labute approximate surface area is 220 Å². The summed E-state index contributed by atoms with van der Waals surface area (Å²) in [5.41, 5.74) is 2.21. The summed E-state index contributed by atoms with van der Waals surface area (Å²) >= 11 is 0. The van der Waals surface area contributed by atoms with Crippen LogP contribution in [0.1, 0.15) is 50.7 Å². The summed E-state index contributed by atoms with van der Waals surface area (Å²) in [6.45, 7) is 9.25. The third kappa shape index (κ3) is 6.76. The summed E-state index contributed by atoms with van der Waals surface area (Å²) in [6.07, 6.45) is 4.62. The first kappa shape index (κ1) is 25.9.